The van der Waals surface area contributed by atoms with Crippen LogP contribution < -0.4 is 14.2 Å². The van der Waals surface area contributed by atoms with Crippen LogP contribution in [0.25, 0.3) is 60.7 Å². The Morgan fingerprint density at radius 2 is 1.20 bits per heavy atom. The van der Waals surface area contributed by atoms with Crippen molar-refractivity contribution >= 4 is 99.2 Å². The Bertz CT molecular complexity index is 2520. The van der Waals surface area contributed by atoms with E-state index in [0.717, 1.165) is 84.9 Å². The third kappa shape index (κ3) is 5.14. The molecule has 1 fully saturated rings. The summed E-state index contributed by atoms with van der Waals surface area (Å²) < 4.78 is 20.7. The molecule has 7 heterocycles. The average molecular weight is 753 g/mol. The van der Waals surface area contributed by atoms with Gasteiger partial charge in [-0.25, -0.2) is 9.97 Å². The van der Waals surface area contributed by atoms with E-state index in [-0.39, 0.29) is 11.1 Å². The molecule has 1 aliphatic carbocycles. The molecule has 0 bridgehead atoms. The molecule has 0 aromatic carbocycles. The zero-order valence-electron chi connectivity index (χ0n) is 25.7. The molecule has 0 amide bonds. The highest BCUT2D eigenvalue weighted by atomic mass is 32.1. The summed E-state index contributed by atoms with van der Waals surface area (Å²) in [5.74, 6) is 2.20. The molecule has 1 saturated carbocycles. The van der Waals surface area contributed by atoms with Gasteiger partial charge in [0, 0.05) is 15.3 Å². The molecule has 15 heteroatoms. The molecule has 0 N–H and O–H groups in total. The zero-order chi connectivity index (χ0) is 33.9. The van der Waals surface area contributed by atoms with Crippen molar-refractivity contribution in [3.05, 3.63) is 38.6 Å². The van der Waals surface area contributed by atoms with Crippen LogP contribution in [0, 0.1) is 45.3 Å². The van der Waals surface area contributed by atoms with Crippen LogP contribution in [-0.4, -0.2) is 24.2 Å². The molecule has 6 aromatic rings. The number of fused-ring (bicyclic) bond motifs is 8. The maximum absolute atomic E-state index is 9.26. The van der Waals surface area contributed by atoms with Crippen LogP contribution in [-0.2, 0) is 5.60 Å². The molecule has 8 rings (SSSR count). The number of nitrogens with zero attached hydrogens (tertiary/aromatic N) is 6. The van der Waals surface area contributed by atoms with Crippen molar-refractivity contribution in [1.82, 2.24) is 9.97 Å². The molecule has 0 radical (unpaired) electrons. The van der Waals surface area contributed by atoms with E-state index in [0.29, 0.717) is 11.5 Å². The molecule has 0 saturated heterocycles. The van der Waals surface area contributed by atoms with Crippen molar-refractivity contribution in [2.24, 2.45) is 0 Å². The third-order valence-corrected chi connectivity index (χ3v) is 15.5. The second kappa shape index (κ2) is 12.4. The number of methoxy groups -OCH3 is 2. The SMILES string of the molecule is COc1cc(C=C(C#N)C#N)sc1-c1nc2sc3c(c2s1)OC1(CCCCC1)c1c-3sc2nc(-c3sc(C=C(C#N)C#N)cc3OC)sc12. The quantitative estimate of drug-likeness (QED) is 0.151. The lowest BCUT2D eigenvalue weighted by atomic mass is 9.78. The van der Waals surface area contributed by atoms with Gasteiger partial charge in [-0.3, -0.25) is 0 Å². The van der Waals surface area contributed by atoms with Crippen molar-refractivity contribution in [1.29, 1.82) is 21.0 Å². The number of rotatable bonds is 6. The largest absolute Gasteiger partial charge is 0.495 e. The standard InChI is InChI=1S/C34H20N6O3S6/c1-41-20-10-18(8-16(12-35)13-36)44-24(20)30-39-32-27(47-30)22-26(46-32)28-23(43-34(22)6-4-3-5-7-34)29-33(48-28)40-31(49-29)25-21(42-2)11-19(45-25)9-17(14-37)15-38/h8-11H,3-7H2,1-2H3. The molecular weight excluding hydrogens is 733 g/mol. The maximum atomic E-state index is 9.26. The van der Waals surface area contributed by atoms with Gasteiger partial charge in [-0.15, -0.1) is 68.0 Å². The van der Waals surface area contributed by atoms with E-state index >= 15 is 0 Å². The number of hydrogen-bond acceptors (Lipinski definition) is 15. The third-order valence-electron chi connectivity index (χ3n) is 8.39. The lowest BCUT2D eigenvalue weighted by Gasteiger charge is -2.40. The highest BCUT2D eigenvalue weighted by Crippen LogP contribution is 2.63. The number of thiazole rings is 2. The molecule has 9 nitrogen and oxygen atoms in total. The molecule has 2 aliphatic rings. The summed E-state index contributed by atoms with van der Waals surface area (Å²) in [7, 11) is 3.22. The Morgan fingerprint density at radius 3 is 1.73 bits per heavy atom. The molecule has 240 valence electrons. The number of aromatic nitrogens is 2. The van der Waals surface area contributed by atoms with Gasteiger partial charge < -0.3 is 14.2 Å². The molecule has 1 spiro atoms. The first kappa shape index (κ1) is 31.7. The molecule has 0 unspecified atom stereocenters. The lowest BCUT2D eigenvalue weighted by Crippen LogP contribution is -2.37. The molecule has 49 heavy (non-hydrogen) atoms. The van der Waals surface area contributed by atoms with Gasteiger partial charge in [0.1, 0.15) is 86.7 Å². The van der Waals surface area contributed by atoms with Gasteiger partial charge in [0.05, 0.1) is 28.7 Å². The first-order valence-corrected chi connectivity index (χ1v) is 19.8. The Hall–Kier alpha value is -4.58. The van der Waals surface area contributed by atoms with E-state index in [1.54, 1.807) is 71.7 Å². The van der Waals surface area contributed by atoms with Gasteiger partial charge in [-0.1, -0.05) is 6.42 Å². The molecule has 1 aliphatic heterocycles. The summed E-state index contributed by atoms with van der Waals surface area (Å²) in [5, 5.41) is 38.6. The maximum Gasteiger partial charge on any atom is 0.159 e. The molecule has 6 aromatic heterocycles. The van der Waals surface area contributed by atoms with E-state index in [1.807, 2.05) is 36.4 Å². The zero-order valence-corrected chi connectivity index (χ0v) is 30.6. The molecule has 0 atom stereocenters. The highest BCUT2D eigenvalue weighted by molar-refractivity contribution is 7.36. The number of thiophene rings is 4. The average Bonchev–Trinajstić information content (AvgIpc) is 3.96. The van der Waals surface area contributed by atoms with Crippen LogP contribution in [0.3, 0.4) is 0 Å². The van der Waals surface area contributed by atoms with E-state index in [9.17, 15) is 21.0 Å². The Morgan fingerprint density at radius 1 is 0.694 bits per heavy atom. The minimum Gasteiger partial charge on any atom is -0.495 e. The number of nitriles is 4. The summed E-state index contributed by atoms with van der Waals surface area (Å²) in [6, 6.07) is 11.4. The van der Waals surface area contributed by atoms with Crippen molar-refractivity contribution in [3.8, 4) is 71.0 Å². The second-order valence-corrected chi connectivity index (χ2v) is 17.3. The van der Waals surface area contributed by atoms with Gasteiger partial charge >= 0.3 is 0 Å². The predicted octanol–water partition coefficient (Wildman–Crippen LogP) is 10.6. The van der Waals surface area contributed by atoms with Crippen LogP contribution in [0.4, 0.5) is 0 Å². The van der Waals surface area contributed by atoms with Crippen LogP contribution in [0.1, 0.15) is 47.4 Å². The summed E-state index contributed by atoms with van der Waals surface area (Å²) in [6.07, 6.45) is 8.29. The van der Waals surface area contributed by atoms with Crippen LogP contribution in [0.5, 0.6) is 17.2 Å². The monoisotopic (exact) mass is 752 g/mol. The minimum absolute atomic E-state index is 0.0327. The minimum atomic E-state index is -0.466. The van der Waals surface area contributed by atoms with Crippen molar-refractivity contribution in [2.45, 2.75) is 37.7 Å². The van der Waals surface area contributed by atoms with Crippen molar-refractivity contribution < 1.29 is 14.2 Å². The van der Waals surface area contributed by atoms with Crippen molar-refractivity contribution in [3.63, 3.8) is 0 Å². The molecular formula is C34H20N6O3S6. The Kier molecular flexibility index (Phi) is 8.01. The topological polar surface area (TPSA) is 149 Å². The summed E-state index contributed by atoms with van der Waals surface area (Å²) >= 11 is 9.44. The number of hydrogen-bond donors (Lipinski definition) is 0. The van der Waals surface area contributed by atoms with Crippen LogP contribution >= 0.6 is 68.0 Å². The fourth-order valence-electron chi connectivity index (χ4n) is 6.27. The van der Waals surface area contributed by atoms with Crippen molar-refractivity contribution in [2.75, 3.05) is 14.2 Å². The Balaban J connectivity index is 1.24. The van der Waals surface area contributed by atoms with Crippen LogP contribution in [0.15, 0.2) is 23.3 Å². The fraction of sp³-hybridized carbons (Fsp3) is 0.235. The highest BCUT2D eigenvalue weighted by Gasteiger charge is 2.47. The van der Waals surface area contributed by atoms with E-state index < -0.39 is 5.60 Å². The smallest absolute Gasteiger partial charge is 0.159 e. The van der Waals surface area contributed by atoms with Crippen LogP contribution in [0.2, 0.25) is 0 Å². The van der Waals surface area contributed by atoms with Gasteiger partial charge in [0.2, 0.25) is 0 Å². The number of ether oxygens (including phenoxy) is 3. The lowest BCUT2D eigenvalue weighted by molar-refractivity contribution is 0.0282. The first-order valence-electron chi connectivity index (χ1n) is 14.9. The normalized spacial score (nSPS) is 14.2. The van der Waals surface area contributed by atoms with E-state index in [4.69, 9.17) is 24.2 Å². The van der Waals surface area contributed by atoms with Gasteiger partial charge in [-0.05, 0) is 50.0 Å². The van der Waals surface area contributed by atoms with Gasteiger partial charge in [0.25, 0.3) is 0 Å². The summed E-state index contributed by atoms with van der Waals surface area (Å²) in [5.41, 5.74) is 0.833. The van der Waals surface area contributed by atoms with Gasteiger partial charge in [0.15, 0.2) is 5.75 Å². The van der Waals surface area contributed by atoms with E-state index in [2.05, 4.69) is 0 Å². The first-order chi connectivity index (χ1) is 23.9. The second-order valence-electron chi connectivity index (χ2n) is 11.2. The Labute approximate surface area is 304 Å². The number of allylic oxidation sites excluding steroid dienone is 2. The van der Waals surface area contributed by atoms with E-state index in [1.165, 1.54) is 39.5 Å². The predicted molar refractivity (Wildman–Crippen MR) is 198 cm³/mol. The summed E-state index contributed by atoms with van der Waals surface area (Å²) in [4.78, 5) is 17.6. The summed E-state index contributed by atoms with van der Waals surface area (Å²) in [6.45, 7) is 0. The fourth-order valence-corrected chi connectivity index (χ4v) is 13.7. The van der Waals surface area contributed by atoms with Gasteiger partial charge in [-0.2, -0.15) is 21.0 Å².